The summed E-state index contributed by atoms with van der Waals surface area (Å²) >= 11 is 7.87. The largest absolute Gasteiger partial charge is 1.00 e. The third-order valence-corrected chi connectivity index (χ3v) is 4.53. The molecule has 0 saturated carbocycles. The van der Waals surface area contributed by atoms with Crippen molar-refractivity contribution in [1.82, 2.24) is 0 Å². The van der Waals surface area contributed by atoms with Crippen LogP contribution in [0.4, 0.5) is 0 Å². The molecule has 0 saturated heterocycles. The van der Waals surface area contributed by atoms with E-state index in [1.54, 1.807) is 0 Å². The van der Waals surface area contributed by atoms with E-state index in [4.69, 9.17) is 11.6 Å². The zero-order valence-corrected chi connectivity index (χ0v) is 12.5. The molecule has 1 aliphatic carbocycles. The predicted molar refractivity (Wildman–Crippen MR) is 76.8 cm³/mol. The Balaban J connectivity index is 0.00000120. The van der Waals surface area contributed by atoms with Crippen molar-refractivity contribution in [1.29, 1.82) is 0 Å². The van der Waals surface area contributed by atoms with Crippen molar-refractivity contribution in [2.45, 2.75) is 20.3 Å². The van der Waals surface area contributed by atoms with Crippen molar-refractivity contribution >= 4 is 28.9 Å². The summed E-state index contributed by atoms with van der Waals surface area (Å²) in [6.45, 7) is 4.41. The average molecular weight is 268 g/mol. The molecule has 1 radical (unpaired) electrons. The first-order valence-electron chi connectivity index (χ1n) is 5.70. The topological polar surface area (TPSA) is 0 Å². The maximum absolute atomic E-state index is 5.94. The molecule has 2 aliphatic rings. The molecular weight excluding hydrogens is 255 g/mol. The summed E-state index contributed by atoms with van der Waals surface area (Å²) in [4.78, 5) is 2.91. The molecule has 0 spiro atoms. The fraction of sp³-hybridized carbons (Fsp3) is 0.200. The standard InChI is InChI=1S/C15H13ClS.Li/c1-9-7-13-14(8-9)17-10(2)15(13)11-3-5-12(16)6-4-11;/h3-7H,8H2,1-2H3;/q-1;+1. The van der Waals surface area contributed by atoms with Crippen LogP contribution in [-0.4, -0.2) is 0 Å². The summed E-state index contributed by atoms with van der Waals surface area (Å²) in [6, 6.07) is 8.15. The summed E-state index contributed by atoms with van der Waals surface area (Å²) < 4.78 is 0. The minimum Gasteiger partial charge on any atom is -0.575 e. The maximum Gasteiger partial charge on any atom is 1.00 e. The molecule has 1 aromatic carbocycles. The van der Waals surface area contributed by atoms with E-state index in [2.05, 4.69) is 32.1 Å². The van der Waals surface area contributed by atoms with E-state index in [1.807, 2.05) is 23.9 Å². The molecule has 1 heterocycles. The number of halogens is 1. The minimum absolute atomic E-state index is 0. The first kappa shape index (κ1) is 14.1. The number of hydrogen-bond acceptors (Lipinski definition) is 1. The van der Waals surface area contributed by atoms with Crippen LogP contribution >= 0.6 is 11.6 Å². The molecule has 0 aromatic heterocycles. The van der Waals surface area contributed by atoms with E-state index in [-0.39, 0.29) is 18.9 Å². The Morgan fingerprint density at radius 1 is 1.11 bits per heavy atom. The Bertz CT molecular complexity index is 579. The second kappa shape index (κ2) is 5.35. The third kappa shape index (κ3) is 2.38. The summed E-state index contributed by atoms with van der Waals surface area (Å²) in [5.41, 5.74) is 5.54. The molecule has 0 amide bonds. The van der Waals surface area contributed by atoms with Crippen LogP contribution in [-0.2, 0) is 11.8 Å². The molecule has 18 heavy (non-hydrogen) atoms. The Morgan fingerprint density at radius 3 is 2.44 bits per heavy atom. The monoisotopic (exact) mass is 267 g/mol. The van der Waals surface area contributed by atoms with Gasteiger partial charge in [0.25, 0.3) is 0 Å². The fourth-order valence-corrected chi connectivity index (χ4v) is 3.83. The quantitative estimate of drug-likeness (QED) is 0.552. The van der Waals surface area contributed by atoms with Gasteiger partial charge in [-0.05, 0) is 42.2 Å². The number of rotatable bonds is 1. The van der Waals surface area contributed by atoms with E-state index in [1.165, 1.54) is 32.1 Å². The molecule has 0 unspecified atom stereocenters. The first-order chi connectivity index (χ1) is 8.15. The number of allylic oxidation sites excluding steroid dienone is 6. The van der Waals surface area contributed by atoms with Gasteiger partial charge in [0.1, 0.15) is 0 Å². The van der Waals surface area contributed by atoms with Crippen molar-refractivity contribution < 1.29 is 18.9 Å². The number of thioether (sulfide) groups is 1. The van der Waals surface area contributed by atoms with Gasteiger partial charge < -0.3 is 11.8 Å². The van der Waals surface area contributed by atoms with Gasteiger partial charge in [-0.3, -0.25) is 0 Å². The normalized spacial score (nSPS) is 17.8. The van der Waals surface area contributed by atoms with Gasteiger partial charge >= 0.3 is 18.9 Å². The van der Waals surface area contributed by atoms with Crippen molar-refractivity contribution in [3.8, 4) is 0 Å². The number of hydrogen-bond donors (Lipinski definition) is 0. The van der Waals surface area contributed by atoms with Crippen LogP contribution in [0.5, 0.6) is 0 Å². The van der Waals surface area contributed by atoms with Crippen LogP contribution in [0.1, 0.15) is 25.8 Å². The van der Waals surface area contributed by atoms with Gasteiger partial charge in [-0.15, -0.1) is 0 Å². The molecule has 1 aromatic rings. The Labute approximate surface area is 129 Å². The van der Waals surface area contributed by atoms with Gasteiger partial charge in [0.2, 0.25) is 0 Å². The summed E-state index contributed by atoms with van der Waals surface area (Å²) in [6.07, 6.45) is 3.44. The zero-order valence-electron chi connectivity index (χ0n) is 10.9. The van der Waals surface area contributed by atoms with Crippen LogP contribution < -0.4 is 18.9 Å². The van der Waals surface area contributed by atoms with Crippen LogP contribution in [0.25, 0.3) is 5.57 Å². The van der Waals surface area contributed by atoms with Crippen molar-refractivity contribution in [3.63, 3.8) is 0 Å². The molecule has 3 heteroatoms. The molecule has 3 rings (SSSR count). The number of benzene rings is 1. The molecule has 0 nitrogen and oxygen atoms in total. The average Bonchev–Trinajstić information content (AvgIpc) is 2.75. The first-order valence-corrected chi connectivity index (χ1v) is 6.90. The van der Waals surface area contributed by atoms with Gasteiger partial charge in [-0.2, -0.15) is 9.81 Å². The van der Waals surface area contributed by atoms with E-state index in [9.17, 15) is 0 Å². The summed E-state index contributed by atoms with van der Waals surface area (Å²) in [7, 11) is 0. The Kier molecular flexibility index (Phi) is 4.19. The predicted octanol–water partition coefficient (Wildman–Crippen LogP) is 1.78. The van der Waals surface area contributed by atoms with Crippen LogP contribution in [0.3, 0.4) is 0 Å². The molecular formula is C15H13ClLiS. The molecule has 0 bridgehead atoms. The van der Waals surface area contributed by atoms with E-state index >= 15 is 0 Å². The van der Waals surface area contributed by atoms with E-state index in [0.717, 1.165) is 11.4 Å². The van der Waals surface area contributed by atoms with Crippen molar-refractivity contribution in [3.05, 3.63) is 61.9 Å². The van der Waals surface area contributed by atoms with E-state index in [0.29, 0.717) is 0 Å². The fourth-order valence-electron chi connectivity index (χ4n) is 2.43. The second-order valence-corrected chi connectivity index (χ2v) is 6.29. The van der Waals surface area contributed by atoms with Gasteiger partial charge in [0, 0.05) is 5.02 Å². The smallest absolute Gasteiger partial charge is 0.575 e. The third-order valence-electron chi connectivity index (χ3n) is 3.16. The molecule has 0 N–H and O–H groups in total. The zero-order chi connectivity index (χ0) is 12.0. The minimum atomic E-state index is 0. The summed E-state index contributed by atoms with van der Waals surface area (Å²) in [5.74, 6) is 0. The Morgan fingerprint density at radius 2 is 1.78 bits per heavy atom. The van der Waals surface area contributed by atoms with Gasteiger partial charge in [-0.25, -0.2) is 0 Å². The maximum atomic E-state index is 5.94. The second-order valence-electron chi connectivity index (χ2n) is 4.54. The van der Waals surface area contributed by atoms with Crippen LogP contribution in [0, 0.1) is 0 Å². The van der Waals surface area contributed by atoms with Crippen LogP contribution in [0.15, 0.2) is 51.3 Å². The molecule has 1 aliphatic heterocycles. The van der Waals surface area contributed by atoms with Gasteiger partial charge in [0.15, 0.2) is 0 Å². The van der Waals surface area contributed by atoms with E-state index < -0.39 is 0 Å². The van der Waals surface area contributed by atoms with Gasteiger partial charge in [-0.1, -0.05) is 42.3 Å². The SMILES string of the molecule is CC1=CC2=C(C1)[S-]C(C)=C2c1ccc(Cl)cc1.[Li+]. The molecule has 87 valence electrons. The Hall–Kier alpha value is -0.323. The van der Waals surface area contributed by atoms with Crippen molar-refractivity contribution in [2.24, 2.45) is 0 Å². The van der Waals surface area contributed by atoms with Crippen molar-refractivity contribution in [2.75, 3.05) is 0 Å². The van der Waals surface area contributed by atoms with Crippen LogP contribution in [0.2, 0.25) is 5.02 Å². The summed E-state index contributed by atoms with van der Waals surface area (Å²) in [5, 5.41) is 0.796. The molecule has 0 atom stereocenters. The van der Waals surface area contributed by atoms with Gasteiger partial charge in [0.05, 0.1) is 0 Å². The molecule has 0 fully saturated rings.